The summed E-state index contributed by atoms with van der Waals surface area (Å²) in [6, 6.07) is 2.77. The summed E-state index contributed by atoms with van der Waals surface area (Å²) in [7, 11) is 0. The third-order valence-electron chi connectivity index (χ3n) is 4.47. The van der Waals surface area contributed by atoms with Gasteiger partial charge in [0.15, 0.2) is 0 Å². The van der Waals surface area contributed by atoms with Gasteiger partial charge < -0.3 is 4.90 Å². The summed E-state index contributed by atoms with van der Waals surface area (Å²) in [4.78, 5) is 1.90. The van der Waals surface area contributed by atoms with Crippen molar-refractivity contribution in [1.82, 2.24) is 10.2 Å². The van der Waals surface area contributed by atoms with Gasteiger partial charge in [-0.25, -0.2) is 0 Å². The molecule has 120 valence electrons. The molecule has 1 saturated heterocycles. The van der Waals surface area contributed by atoms with Crippen LogP contribution in [0.3, 0.4) is 0 Å². The Hall–Kier alpha value is -0.800. The van der Waals surface area contributed by atoms with Crippen LogP contribution in [-0.2, 0) is 0 Å². The third kappa shape index (κ3) is 5.15. The Kier molecular flexibility index (Phi) is 5.15. The zero-order chi connectivity index (χ0) is 15.5. The number of nitriles is 1. The molecule has 1 heterocycles. The average Bonchev–Trinajstić information content (AvgIpc) is 3.22. The van der Waals surface area contributed by atoms with Gasteiger partial charge in [0, 0.05) is 12.6 Å². The van der Waals surface area contributed by atoms with Crippen LogP contribution in [0.1, 0.15) is 45.4 Å². The minimum atomic E-state index is -4.08. The van der Waals surface area contributed by atoms with E-state index in [4.69, 9.17) is 0 Å². The number of alkyl halides is 3. The zero-order valence-electron chi connectivity index (χ0n) is 12.5. The Labute approximate surface area is 124 Å². The molecule has 0 aromatic rings. The highest BCUT2D eigenvalue weighted by Crippen LogP contribution is 2.33. The first-order chi connectivity index (χ1) is 9.82. The molecule has 0 aromatic heterocycles. The van der Waals surface area contributed by atoms with E-state index < -0.39 is 17.6 Å². The summed E-state index contributed by atoms with van der Waals surface area (Å²) >= 11 is 0. The molecular formula is C15H24F3N3. The molecule has 0 aromatic carbocycles. The fourth-order valence-electron chi connectivity index (χ4n) is 3.02. The minimum absolute atomic E-state index is 0.114. The van der Waals surface area contributed by atoms with E-state index in [9.17, 15) is 18.4 Å². The smallest absolute Gasteiger partial charge is 0.303 e. The first kappa shape index (κ1) is 16.6. The molecule has 0 amide bonds. The van der Waals surface area contributed by atoms with E-state index in [-0.39, 0.29) is 13.0 Å². The molecule has 3 nitrogen and oxygen atoms in total. The fraction of sp³-hybridized carbons (Fsp3) is 0.933. The maximum atomic E-state index is 12.8. The molecule has 1 aliphatic heterocycles. The Morgan fingerprint density at radius 2 is 2.00 bits per heavy atom. The maximum absolute atomic E-state index is 12.8. The van der Waals surface area contributed by atoms with Gasteiger partial charge in [-0.1, -0.05) is 0 Å². The van der Waals surface area contributed by atoms with Crippen LogP contribution in [0.15, 0.2) is 0 Å². The zero-order valence-corrected chi connectivity index (χ0v) is 12.5. The molecule has 6 heteroatoms. The summed E-state index contributed by atoms with van der Waals surface area (Å²) in [5.41, 5.74) is -0.541. The summed E-state index contributed by atoms with van der Waals surface area (Å²) < 4.78 is 38.3. The van der Waals surface area contributed by atoms with Crippen LogP contribution in [0.5, 0.6) is 0 Å². The van der Waals surface area contributed by atoms with Gasteiger partial charge in [0.2, 0.25) is 0 Å². The van der Waals surface area contributed by atoms with Crippen molar-refractivity contribution in [1.29, 1.82) is 5.26 Å². The van der Waals surface area contributed by atoms with E-state index in [0.29, 0.717) is 25.4 Å². The lowest BCUT2D eigenvalue weighted by atomic mass is 9.95. The number of halogens is 3. The Bertz CT molecular complexity index is 387. The lowest BCUT2D eigenvalue weighted by molar-refractivity contribution is -0.186. The van der Waals surface area contributed by atoms with Crippen molar-refractivity contribution in [2.75, 3.05) is 19.6 Å². The standard InChI is InChI=1S/C15H24F3N3/c1-14(11-19,20-13-5-6-13)7-3-9-21-8-2-4-12(10-21)15(16,17)18/h12-13,20H,2-10H2,1H3. The summed E-state index contributed by atoms with van der Waals surface area (Å²) in [5, 5.41) is 12.6. The lowest BCUT2D eigenvalue weighted by Crippen LogP contribution is -2.44. The van der Waals surface area contributed by atoms with Gasteiger partial charge in [-0.3, -0.25) is 5.32 Å². The SMILES string of the molecule is CC(C#N)(CCCN1CCCC(C(F)(F)F)C1)NC1CC1. The van der Waals surface area contributed by atoms with Crippen molar-refractivity contribution in [2.45, 2.75) is 63.2 Å². The number of rotatable bonds is 6. The van der Waals surface area contributed by atoms with E-state index in [1.165, 1.54) is 0 Å². The van der Waals surface area contributed by atoms with Gasteiger partial charge in [-0.05, 0) is 58.5 Å². The van der Waals surface area contributed by atoms with Gasteiger partial charge in [-0.2, -0.15) is 18.4 Å². The minimum Gasteiger partial charge on any atom is -0.303 e. The molecule has 1 aliphatic carbocycles. The first-order valence-corrected chi connectivity index (χ1v) is 7.80. The van der Waals surface area contributed by atoms with Crippen LogP contribution in [0.4, 0.5) is 13.2 Å². The number of hydrogen-bond donors (Lipinski definition) is 1. The molecule has 2 fully saturated rings. The molecule has 1 N–H and O–H groups in total. The molecule has 1 saturated carbocycles. The van der Waals surface area contributed by atoms with Crippen molar-refractivity contribution in [3.05, 3.63) is 0 Å². The van der Waals surface area contributed by atoms with Gasteiger partial charge >= 0.3 is 6.18 Å². The highest BCUT2D eigenvalue weighted by molar-refractivity contribution is 5.07. The summed E-state index contributed by atoms with van der Waals surface area (Å²) in [6.07, 6.45) is 0.474. The van der Waals surface area contributed by atoms with Crippen LogP contribution in [0.2, 0.25) is 0 Å². The van der Waals surface area contributed by atoms with Crippen LogP contribution in [0, 0.1) is 17.2 Å². The predicted molar refractivity (Wildman–Crippen MR) is 74.6 cm³/mol. The average molecular weight is 303 g/mol. The molecule has 2 unspecified atom stereocenters. The third-order valence-corrected chi connectivity index (χ3v) is 4.47. The van der Waals surface area contributed by atoms with E-state index in [1.807, 2.05) is 11.8 Å². The fourth-order valence-corrected chi connectivity index (χ4v) is 3.02. The van der Waals surface area contributed by atoms with E-state index in [1.54, 1.807) is 0 Å². The topological polar surface area (TPSA) is 39.1 Å². The number of nitrogens with zero attached hydrogens (tertiary/aromatic N) is 2. The molecular weight excluding hydrogens is 279 g/mol. The van der Waals surface area contributed by atoms with Gasteiger partial charge in [-0.15, -0.1) is 0 Å². The highest BCUT2D eigenvalue weighted by Gasteiger charge is 2.41. The van der Waals surface area contributed by atoms with Crippen molar-refractivity contribution < 1.29 is 13.2 Å². The Morgan fingerprint density at radius 3 is 2.57 bits per heavy atom. The lowest BCUT2D eigenvalue weighted by Gasteiger charge is -2.34. The van der Waals surface area contributed by atoms with E-state index in [0.717, 1.165) is 25.8 Å². The van der Waals surface area contributed by atoms with Crippen molar-refractivity contribution >= 4 is 0 Å². The number of hydrogen-bond acceptors (Lipinski definition) is 3. The molecule has 2 rings (SSSR count). The monoisotopic (exact) mass is 303 g/mol. The van der Waals surface area contributed by atoms with Crippen molar-refractivity contribution in [2.24, 2.45) is 5.92 Å². The predicted octanol–water partition coefficient (Wildman–Crippen LogP) is 3.08. The van der Waals surface area contributed by atoms with Gasteiger partial charge in [0.05, 0.1) is 12.0 Å². The number of nitrogens with one attached hydrogen (secondary N) is 1. The van der Waals surface area contributed by atoms with Crippen molar-refractivity contribution in [3.63, 3.8) is 0 Å². The van der Waals surface area contributed by atoms with Crippen LogP contribution in [0.25, 0.3) is 0 Å². The highest BCUT2D eigenvalue weighted by atomic mass is 19.4. The van der Waals surface area contributed by atoms with E-state index >= 15 is 0 Å². The number of piperidine rings is 1. The second-order valence-corrected chi connectivity index (χ2v) is 6.65. The van der Waals surface area contributed by atoms with Crippen LogP contribution >= 0.6 is 0 Å². The quantitative estimate of drug-likeness (QED) is 0.819. The normalized spacial score (nSPS) is 27.1. The Balaban J connectivity index is 1.73. The number of likely N-dealkylation sites (tertiary alicyclic amines) is 1. The van der Waals surface area contributed by atoms with Crippen LogP contribution in [-0.4, -0.2) is 42.3 Å². The molecule has 21 heavy (non-hydrogen) atoms. The molecule has 2 atom stereocenters. The van der Waals surface area contributed by atoms with Gasteiger partial charge in [0.1, 0.15) is 5.54 Å². The first-order valence-electron chi connectivity index (χ1n) is 7.80. The molecule has 0 bridgehead atoms. The second kappa shape index (κ2) is 6.53. The van der Waals surface area contributed by atoms with E-state index in [2.05, 4.69) is 11.4 Å². The maximum Gasteiger partial charge on any atom is 0.393 e. The molecule has 2 aliphatic rings. The molecule has 0 spiro atoms. The largest absolute Gasteiger partial charge is 0.393 e. The van der Waals surface area contributed by atoms with Gasteiger partial charge in [0.25, 0.3) is 0 Å². The molecule has 0 radical (unpaired) electrons. The second-order valence-electron chi connectivity index (χ2n) is 6.65. The van der Waals surface area contributed by atoms with Crippen molar-refractivity contribution in [3.8, 4) is 6.07 Å². The Morgan fingerprint density at radius 1 is 1.29 bits per heavy atom. The summed E-state index contributed by atoms with van der Waals surface area (Å²) in [5.74, 6) is -1.18. The summed E-state index contributed by atoms with van der Waals surface area (Å²) in [6.45, 7) is 3.39. The van der Waals surface area contributed by atoms with Crippen LogP contribution < -0.4 is 5.32 Å².